The van der Waals surface area contributed by atoms with Crippen LogP contribution < -0.4 is 9.46 Å². The zero-order valence-electron chi connectivity index (χ0n) is 20.3. The number of para-hydroxylation sites is 1. The number of aromatic hydroxyl groups is 1. The van der Waals surface area contributed by atoms with Gasteiger partial charge in [0.1, 0.15) is 17.2 Å². The predicted molar refractivity (Wildman–Crippen MR) is 139 cm³/mol. The van der Waals surface area contributed by atoms with E-state index in [1.54, 1.807) is 30.5 Å². The van der Waals surface area contributed by atoms with Gasteiger partial charge in [-0.1, -0.05) is 17.9 Å². The Kier molecular flexibility index (Phi) is 6.63. The Morgan fingerprint density at radius 1 is 1.16 bits per heavy atom. The Morgan fingerprint density at radius 2 is 2.03 bits per heavy atom. The van der Waals surface area contributed by atoms with Gasteiger partial charge in [0.25, 0.3) is 0 Å². The van der Waals surface area contributed by atoms with Gasteiger partial charge in [-0.25, -0.2) is 28.4 Å². The normalized spacial score (nSPS) is 12.8. The zero-order chi connectivity index (χ0) is 26.7. The van der Waals surface area contributed by atoms with Gasteiger partial charge in [-0.05, 0) is 36.4 Å². The summed E-state index contributed by atoms with van der Waals surface area (Å²) in [7, 11) is -2.40. The molecule has 192 valence electrons. The SMILES string of the molecule is CCOC1=NC(c2nc3ncc(NS(=O)(=O)Cc4cccnc4)nc3n2-c2c(O)cccc2OC)=C=C=C1. The van der Waals surface area contributed by atoms with E-state index in [2.05, 4.69) is 41.1 Å². The molecule has 38 heavy (non-hydrogen) atoms. The van der Waals surface area contributed by atoms with Crippen LogP contribution in [0.15, 0.2) is 71.5 Å². The number of aliphatic imine (C=N–C) groups is 1. The van der Waals surface area contributed by atoms with Crippen molar-refractivity contribution in [1.82, 2.24) is 24.5 Å². The van der Waals surface area contributed by atoms with Crippen molar-refractivity contribution < 1.29 is 23.0 Å². The molecule has 0 unspecified atom stereocenters. The van der Waals surface area contributed by atoms with Gasteiger partial charge >= 0.3 is 0 Å². The quantitative estimate of drug-likeness (QED) is 0.327. The van der Waals surface area contributed by atoms with Crippen LogP contribution in [-0.4, -0.2) is 57.6 Å². The van der Waals surface area contributed by atoms with Crippen molar-refractivity contribution in [2.24, 2.45) is 4.99 Å². The first kappa shape index (κ1) is 24.7. The van der Waals surface area contributed by atoms with Crippen LogP contribution in [0.4, 0.5) is 5.82 Å². The standard InChI is InChI=1S/C25H21N7O5S/c1-3-37-21-11-4-8-17(28-21)24-30-23-25(32(24)22-18(33)9-5-10-19(22)36-2)29-20(14-27-23)31-38(34,35)15-16-7-6-12-26-13-16/h5-7,9-14,33H,3,15H2,1-2H3,(H,29,31). The summed E-state index contributed by atoms with van der Waals surface area (Å²) < 4.78 is 40.5. The highest BCUT2D eigenvalue weighted by Crippen LogP contribution is 2.36. The molecule has 3 aromatic heterocycles. The molecule has 5 rings (SSSR count). The molecule has 0 aliphatic carbocycles. The Morgan fingerprint density at radius 3 is 2.79 bits per heavy atom. The van der Waals surface area contributed by atoms with E-state index in [1.807, 2.05) is 6.92 Å². The Bertz CT molecular complexity index is 1770. The maximum Gasteiger partial charge on any atom is 0.238 e. The van der Waals surface area contributed by atoms with E-state index in [0.29, 0.717) is 23.8 Å². The second kappa shape index (κ2) is 10.2. The molecule has 13 heteroatoms. The van der Waals surface area contributed by atoms with E-state index >= 15 is 0 Å². The van der Waals surface area contributed by atoms with E-state index in [4.69, 9.17) is 9.47 Å². The van der Waals surface area contributed by atoms with Crippen molar-refractivity contribution in [3.05, 3.63) is 77.8 Å². The van der Waals surface area contributed by atoms with Crippen molar-refractivity contribution in [2.45, 2.75) is 12.7 Å². The molecule has 0 amide bonds. The summed E-state index contributed by atoms with van der Waals surface area (Å²) in [5, 5.41) is 10.8. The van der Waals surface area contributed by atoms with Gasteiger partial charge in [-0.15, -0.1) is 0 Å². The largest absolute Gasteiger partial charge is 0.506 e. The molecule has 0 spiro atoms. The number of hydrogen-bond acceptors (Lipinski definition) is 10. The third-order valence-corrected chi connectivity index (χ3v) is 6.48. The number of imidazole rings is 1. The number of rotatable bonds is 8. The number of aromatic nitrogens is 5. The third-order valence-electron chi connectivity index (χ3n) is 5.24. The molecule has 12 nitrogen and oxygen atoms in total. The van der Waals surface area contributed by atoms with Crippen LogP contribution in [0.25, 0.3) is 22.7 Å². The van der Waals surface area contributed by atoms with Gasteiger partial charge in [-0.2, -0.15) is 0 Å². The van der Waals surface area contributed by atoms with Gasteiger partial charge in [0.2, 0.25) is 15.9 Å². The first-order chi connectivity index (χ1) is 18.4. The minimum absolute atomic E-state index is 0.0463. The van der Waals surface area contributed by atoms with E-state index in [1.165, 1.54) is 36.2 Å². The van der Waals surface area contributed by atoms with Crippen LogP contribution >= 0.6 is 0 Å². The number of fused-ring (bicyclic) bond motifs is 1. The summed E-state index contributed by atoms with van der Waals surface area (Å²) >= 11 is 0. The summed E-state index contributed by atoms with van der Waals surface area (Å²) in [5.41, 5.74) is 6.99. The molecule has 0 radical (unpaired) electrons. The van der Waals surface area contributed by atoms with Crippen LogP contribution in [0.2, 0.25) is 0 Å². The average Bonchev–Trinajstić information content (AvgIpc) is 3.27. The van der Waals surface area contributed by atoms with Gasteiger partial charge in [0.15, 0.2) is 28.6 Å². The number of ether oxygens (including phenoxy) is 2. The van der Waals surface area contributed by atoms with Crippen LogP contribution in [0.1, 0.15) is 18.3 Å². The van der Waals surface area contributed by atoms with Gasteiger partial charge in [-0.3, -0.25) is 14.3 Å². The molecule has 1 aliphatic rings. The molecular formula is C25H21N7O5S. The fourth-order valence-corrected chi connectivity index (χ4v) is 4.83. The molecule has 0 atom stereocenters. The second-order valence-corrected chi connectivity index (χ2v) is 9.59. The van der Waals surface area contributed by atoms with E-state index < -0.39 is 10.0 Å². The third kappa shape index (κ3) is 4.97. The monoisotopic (exact) mass is 531 g/mol. The van der Waals surface area contributed by atoms with Crippen molar-refractivity contribution in [3.8, 4) is 17.2 Å². The number of anilines is 1. The van der Waals surface area contributed by atoms with Gasteiger partial charge < -0.3 is 14.6 Å². The Balaban J connectivity index is 1.67. The summed E-state index contributed by atoms with van der Waals surface area (Å²) in [6, 6.07) is 8.05. The molecule has 0 saturated carbocycles. The number of pyridine rings is 1. The Hall–Kier alpha value is -4.96. The highest BCUT2D eigenvalue weighted by molar-refractivity contribution is 7.91. The van der Waals surface area contributed by atoms with Crippen molar-refractivity contribution >= 4 is 38.7 Å². The van der Waals surface area contributed by atoms with Crippen LogP contribution in [0.5, 0.6) is 11.5 Å². The van der Waals surface area contributed by atoms with Crippen molar-refractivity contribution in [2.75, 3.05) is 18.4 Å². The number of nitrogens with zero attached hydrogens (tertiary/aromatic N) is 6. The lowest BCUT2D eigenvalue weighted by Crippen LogP contribution is -2.16. The number of sulfonamides is 1. The van der Waals surface area contributed by atoms with Crippen LogP contribution in [0.3, 0.4) is 0 Å². The molecule has 0 fully saturated rings. The molecule has 1 aromatic carbocycles. The highest BCUT2D eigenvalue weighted by Gasteiger charge is 2.25. The molecule has 0 bridgehead atoms. The number of hydrogen-bond donors (Lipinski definition) is 2. The lowest BCUT2D eigenvalue weighted by Gasteiger charge is -2.14. The fourth-order valence-electron chi connectivity index (χ4n) is 3.74. The van der Waals surface area contributed by atoms with Crippen LogP contribution in [0, 0.1) is 0 Å². The Labute approximate surface area is 217 Å². The van der Waals surface area contributed by atoms with Gasteiger partial charge in [0, 0.05) is 12.4 Å². The maximum atomic E-state index is 12.8. The molecule has 1 aliphatic heterocycles. The first-order valence-corrected chi connectivity index (χ1v) is 13.0. The molecule has 4 heterocycles. The smallest absolute Gasteiger partial charge is 0.238 e. The summed E-state index contributed by atoms with van der Waals surface area (Å²) in [4.78, 5) is 21.7. The summed E-state index contributed by atoms with van der Waals surface area (Å²) in [5.74, 6) is 0.313. The van der Waals surface area contributed by atoms with E-state index in [0.717, 1.165) is 0 Å². The number of phenolic OH excluding ortho intramolecular Hbond substituents is 1. The number of nitrogens with one attached hydrogen (secondary N) is 1. The van der Waals surface area contributed by atoms with Gasteiger partial charge in [0.05, 0.1) is 31.7 Å². The zero-order valence-corrected chi connectivity index (χ0v) is 21.1. The molecular weight excluding hydrogens is 510 g/mol. The molecule has 2 N–H and O–H groups in total. The molecule has 4 aromatic rings. The average molecular weight is 532 g/mol. The number of methoxy groups -OCH3 is 1. The lowest BCUT2D eigenvalue weighted by atomic mass is 10.2. The first-order valence-electron chi connectivity index (χ1n) is 11.3. The summed E-state index contributed by atoms with van der Waals surface area (Å²) in [6.07, 6.45) is 5.82. The number of benzene rings is 1. The summed E-state index contributed by atoms with van der Waals surface area (Å²) in [6.45, 7) is 2.21. The topological polar surface area (TPSA) is 154 Å². The van der Waals surface area contributed by atoms with Crippen LogP contribution in [-0.2, 0) is 20.5 Å². The van der Waals surface area contributed by atoms with Crippen molar-refractivity contribution in [3.63, 3.8) is 0 Å². The lowest BCUT2D eigenvalue weighted by molar-refractivity contribution is 0.330. The fraction of sp³-hybridized carbons (Fsp3) is 0.160. The number of phenols is 1. The minimum Gasteiger partial charge on any atom is -0.506 e. The molecule has 0 saturated heterocycles. The minimum atomic E-state index is -3.85. The predicted octanol–water partition coefficient (Wildman–Crippen LogP) is 2.97. The maximum absolute atomic E-state index is 12.8. The van der Waals surface area contributed by atoms with Crippen molar-refractivity contribution in [1.29, 1.82) is 0 Å². The highest BCUT2D eigenvalue weighted by atomic mass is 32.2. The van der Waals surface area contributed by atoms with E-state index in [9.17, 15) is 13.5 Å². The van der Waals surface area contributed by atoms with E-state index in [-0.39, 0.29) is 45.8 Å². The second-order valence-electron chi connectivity index (χ2n) is 7.87.